The van der Waals surface area contributed by atoms with E-state index < -0.39 is 22.8 Å². The minimum Gasteiger partial charge on any atom is -0.484 e. The van der Waals surface area contributed by atoms with Crippen molar-refractivity contribution in [1.82, 2.24) is 19.4 Å². The molecule has 0 unspecified atom stereocenters. The van der Waals surface area contributed by atoms with Crippen LogP contribution in [-0.2, 0) is 28.4 Å². The number of aromatic nitrogens is 2. The van der Waals surface area contributed by atoms with E-state index in [1.165, 1.54) is 55.6 Å². The number of benzene rings is 3. The van der Waals surface area contributed by atoms with Gasteiger partial charge in [0.25, 0.3) is 15.9 Å². The number of sulfonamides is 1. The molecule has 6 rings (SSSR count). The van der Waals surface area contributed by atoms with Crippen molar-refractivity contribution < 1.29 is 40.7 Å². The first kappa shape index (κ1) is 37.4. The summed E-state index contributed by atoms with van der Waals surface area (Å²) in [4.78, 5) is 33.0. The molecule has 2 amide bonds. The number of ether oxygens (including phenoxy) is 2. The van der Waals surface area contributed by atoms with E-state index in [0.717, 1.165) is 16.5 Å². The van der Waals surface area contributed by atoms with Crippen LogP contribution in [0.25, 0.3) is 10.9 Å². The summed E-state index contributed by atoms with van der Waals surface area (Å²) in [6, 6.07) is 20.7. The smallest absolute Gasteiger partial charge is 0.422 e. The molecule has 5 aromatic rings. The number of aryl methyl sites for hydroxylation is 1. The lowest BCUT2D eigenvalue weighted by Crippen LogP contribution is -2.48. The van der Waals surface area contributed by atoms with Crippen molar-refractivity contribution in [1.29, 1.82) is 0 Å². The van der Waals surface area contributed by atoms with E-state index in [0.29, 0.717) is 44.2 Å². The summed E-state index contributed by atoms with van der Waals surface area (Å²) in [6.07, 6.45) is -3.09. The number of halogens is 4. The molecule has 0 saturated carbocycles. The van der Waals surface area contributed by atoms with Gasteiger partial charge in [0.15, 0.2) is 6.61 Å². The Labute approximate surface area is 308 Å². The topological polar surface area (TPSA) is 135 Å². The third kappa shape index (κ3) is 9.38. The molecule has 3 heterocycles. The highest BCUT2D eigenvalue weighted by Gasteiger charge is 2.28. The Morgan fingerprint density at radius 2 is 1.64 bits per heavy atom. The normalized spacial score (nSPS) is 13.9. The van der Waals surface area contributed by atoms with Gasteiger partial charge in [0.2, 0.25) is 11.8 Å². The van der Waals surface area contributed by atoms with Crippen molar-refractivity contribution in [2.24, 2.45) is 7.05 Å². The SMILES string of the molecule is CC(=O)Nc1ccc(S(=O)(=O)Nc2ccc(Oc3ccc4cc(C(=O)N5CCN(Cc6ccc(OCC(F)(F)F)cc6)CC5)n(C)c4c3)nc2)cc1Cl. The van der Waals surface area contributed by atoms with Crippen LogP contribution in [0.15, 0.2) is 90.0 Å². The number of amides is 2. The summed E-state index contributed by atoms with van der Waals surface area (Å²) in [7, 11) is -2.21. The number of piperazine rings is 1. The molecule has 1 aliphatic heterocycles. The molecular weight excluding hydrogens is 737 g/mol. The lowest BCUT2D eigenvalue weighted by Gasteiger charge is -2.34. The van der Waals surface area contributed by atoms with Crippen LogP contribution in [0.2, 0.25) is 5.02 Å². The van der Waals surface area contributed by atoms with Gasteiger partial charge in [0.1, 0.15) is 17.2 Å². The van der Waals surface area contributed by atoms with Crippen LogP contribution in [0.3, 0.4) is 0 Å². The van der Waals surface area contributed by atoms with Crippen LogP contribution in [0, 0.1) is 0 Å². The van der Waals surface area contributed by atoms with Gasteiger partial charge in [-0.2, -0.15) is 13.2 Å². The van der Waals surface area contributed by atoms with Crippen LogP contribution in [0.5, 0.6) is 17.4 Å². The van der Waals surface area contributed by atoms with E-state index in [-0.39, 0.29) is 44.7 Å². The quantitative estimate of drug-likeness (QED) is 0.152. The zero-order valence-electron chi connectivity index (χ0n) is 28.5. The summed E-state index contributed by atoms with van der Waals surface area (Å²) < 4.78 is 78.1. The van der Waals surface area contributed by atoms with Gasteiger partial charge in [0, 0.05) is 64.2 Å². The van der Waals surface area contributed by atoms with E-state index in [2.05, 4.69) is 19.9 Å². The van der Waals surface area contributed by atoms with Crippen molar-refractivity contribution in [2.45, 2.75) is 24.5 Å². The average Bonchev–Trinajstić information content (AvgIpc) is 3.44. The second-order valence-electron chi connectivity index (χ2n) is 12.3. The van der Waals surface area contributed by atoms with Crippen molar-refractivity contribution >= 4 is 55.7 Å². The Hall–Kier alpha value is -5.32. The van der Waals surface area contributed by atoms with Gasteiger partial charge in [-0.05, 0) is 60.2 Å². The molecular formula is C36H34ClF3N6O6S. The summed E-state index contributed by atoms with van der Waals surface area (Å²) in [6.45, 7) is 2.86. The zero-order valence-corrected chi connectivity index (χ0v) is 30.1. The lowest BCUT2D eigenvalue weighted by atomic mass is 10.2. The number of nitrogens with one attached hydrogen (secondary N) is 2. The molecule has 3 aromatic carbocycles. The fourth-order valence-corrected chi connectivity index (χ4v) is 7.12. The molecule has 2 aromatic heterocycles. The lowest BCUT2D eigenvalue weighted by molar-refractivity contribution is -0.153. The molecule has 12 nitrogen and oxygen atoms in total. The number of carbonyl (C=O) groups is 2. The summed E-state index contributed by atoms with van der Waals surface area (Å²) in [5.41, 5.74) is 2.69. The van der Waals surface area contributed by atoms with Gasteiger partial charge in [-0.25, -0.2) is 13.4 Å². The summed E-state index contributed by atoms with van der Waals surface area (Å²) in [5, 5.41) is 3.43. The Kier molecular flexibility index (Phi) is 10.8. The number of carbonyl (C=O) groups excluding carboxylic acids is 2. The largest absolute Gasteiger partial charge is 0.484 e. The Morgan fingerprint density at radius 1 is 0.925 bits per heavy atom. The highest BCUT2D eigenvalue weighted by molar-refractivity contribution is 7.92. The van der Waals surface area contributed by atoms with E-state index in [9.17, 15) is 31.2 Å². The van der Waals surface area contributed by atoms with Crippen molar-refractivity contribution in [3.8, 4) is 17.4 Å². The van der Waals surface area contributed by atoms with Crippen LogP contribution >= 0.6 is 11.6 Å². The highest BCUT2D eigenvalue weighted by Crippen LogP contribution is 2.30. The van der Waals surface area contributed by atoms with Crippen LogP contribution < -0.4 is 19.5 Å². The molecule has 17 heteroatoms. The molecule has 2 N–H and O–H groups in total. The number of rotatable bonds is 11. The maximum atomic E-state index is 13.6. The number of fused-ring (bicyclic) bond motifs is 1. The molecule has 1 aliphatic rings. The molecule has 0 atom stereocenters. The Bertz CT molecular complexity index is 2240. The molecule has 53 heavy (non-hydrogen) atoms. The Balaban J connectivity index is 1.04. The molecule has 0 aliphatic carbocycles. The van der Waals surface area contributed by atoms with Crippen molar-refractivity contribution in [2.75, 3.05) is 42.8 Å². The second-order valence-corrected chi connectivity index (χ2v) is 14.4. The van der Waals surface area contributed by atoms with E-state index in [1.54, 1.807) is 40.8 Å². The highest BCUT2D eigenvalue weighted by atomic mass is 35.5. The molecule has 0 spiro atoms. The monoisotopic (exact) mass is 770 g/mol. The fraction of sp³-hybridized carbons (Fsp3) is 0.250. The van der Waals surface area contributed by atoms with Gasteiger partial charge in [-0.1, -0.05) is 23.7 Å². The summed E-state index contributed by atoms with van der Waals surface area (Å²) in [5.74, 6) is 0.375. The minimum absolute atomic E-state index is 0.0676. The van der Waals surface area contributed by atoms with Gasteiger partial charge < -0.3 is 24.3 Å². The number of pyridine rings is 1. The van der Waals surface area contributed by atoms with Crippen LogP contribution in [-0.4, -0.2) is 78.5 Å². The fourth-order valence-electron chi connectivity index (χ4n) is 5.75. The second kappa shape index (κ2) is 15.3. The van der Waals surface area contributed by atoms with E-state index in [4.69, 9.17) is 21.1 Å². The summed E-state index contributed by atoms with van der Waals surface area (Å²) >= 11 is 6.14. The molecule has 1 fully saturated rings. The zero-order chi connectivity index (χ0) is 37.9. The van der Waals surface area contributed by atoms with Gasteiger partial charge in [-0.15, -0.1) is 0 Å². The number of hydrogen-bond acceptors (Lipinski definition) is 8. The minimum atomic E-state index is -4.40. The van der Waals surface area contributed by atoms with Gasteiger partial charge in [-0.3, -0.25) is 19.2 Å². The molecule has 1 saturated heterocycles. The van der Waals surface area contributed by atoms with E-state index in [1.807, 2.05) is 12.1 Å². The predicted octanol–water partition coefficient (Wildman–Crippen LogP) is 6.68. The van der Waals surface area contributed by atoms with Crippen LogP contribution in [0.1, 0.15) is 23.0 Å². The first-order valence-corrected chi connectivity index (χ1v) is 18.1. The van der Waals surface area contributed by atoms with Crippen molar-refractivity contribution in [3.63, 3.8) is 0 Å². The number of alkyl halides is 3. The third-order valence-electron chi connectivity index (χ3n) is 8.40. The molecule has 0 bridgehead atoms. The van der Waals surface area contributed by atoms with Gasteiger partial charge >= 0.3 is 6.18 Å². The first-order valence-electron chi connectivity index (χ1n) is 16.3. The predicted molar refractivity (Wildman–Crippen MR) is 193 cm³/mol. The average molecular weight is 771 g/mol. The number of nitrogens with zero attached hydrogens (tertiary/aromatic N) is 4. The first-order chi connectivity index (χ1) is 25.1. The third-order valence-corrected chi connectivity index (χ3v) is 10.1. The number of hydrogen-bond donors (Lipinski definition) is 2. The number of anilines is 2. The maximum Gasteiger partial charge on any atom is 0.422 e. The molecule has 278 valence electrons. The van der Waals surface area contributed by atoms with Crippen molar-refractivity contribution in [3.05, 3.63) is 101 Å². The van der Waals surface area contributed by atoms with Gasteiger partial charge in [0.05, 0.1) is 33.0 Å². The molecule has 0 radical (unpaired) electrons. The maximum absolute atomic E-state index is 13.6. The standard InChI is InChI=1S/C36H34ClF3N6O6S/c1-23(47)42-31-11-10-29(19-30(31)37)53(49,50)43-26-6-12-34(41-20-26)52-28-9-5-25-17-33(44(2)32(25)18-28)35(48)46-15-13-45(14-16-46)21-24-3-7-27(8-4-24)51-22-36(38,39)40/h3-12,17-20,43H,13-16,21-22H2,1-2H3,(H,42,47). The Morgan fingerprint density at radius 3 is 2.28 bits per heavy atom. The van der Waals surface area contributed by atoms with E-state index >= 15 is 0 Å². The van der Waals surface area contributed by atoms with Crippen LogP contribution in [0.4, 0.5) is 24.5 Å².